The first-order valence-corrected chi connectivity index (χ1v) is 6.84. The van der Waals surface area contributed by atoms with E-state index in [0.29, 0.717) is 10.9 Å². The zero-order valence-corrected chi connectivity index (χ0v) is 12.0. The highest BCUT2D eigenvalue weighted by molar-refractivity contribution is 7.15. The van der Waals surface area contributed by atoms with Crippen LogP contribution < -0.4 is 10.1 Å². The molecule has 0 bridgehead atoms. The number of hydrogen-bond acceptors (Lipinski definition) is 4. The third-order valence-electron chi connectivity index (χ3n) is 2.68. The number of benzene rings is 1. The number of aromatic nitrogens is 1. The summed E-state index contributed by atoms with van der Waals surface area (Å²) in [5.74, 6) is 0.481. The van der Waals surface area contributed by atoms with Gasteiger partial charge < -0.3 is 4.74 Å². The molecule has 0 aliphatic rings. The number of ether oxygens (including phenoxy) is 1. The van der Waals surface area contributed by atoms with Crippen LogP contribution in [0.5, 0.6) is 5.75 Å². The van der Waals surface area contributed by atoms with E-state index < -0.39 is 6.10 Å². The zero-order valence-electron chi connectivity index (χ0n) is 11.1. The van der Waals surface area contributed by atoms with Crippen LogP contribution in [-0.4, -0.2) is 17.0 Å². The van der Waals surface area contributed by atoms with E-state index in [0.717, 1.165) is 10.6 Å². The van der Waals surface area contributed by atoms with Gasteiger partial charge in [0.05, 0.1) is 5.69 Å². The number of rotatable bonds is 4. The number of nitrogens with one attached hydrogen (secondary N) is 1. The van der Waals surface area contributed by atoms with Gasteiger partial charge in [0.15, 0.2) is 11.2 Å². The molecular weight excluding hydrogens is 260 g/mol. The molecule has 0 saturated carbocycles. The maximum Gasteiger partial charge on any atom is 0.266 e. The van der Waals surface area contributed by atoms with Crippen LogP contribution in [0.3, 0.4) is 0 Å². The first-order valence-electron chi connectivity index (χ1n) is 6.03. The summed E-state index contributed by atoms with van der Waals surface area (Å²) in [6, 6.07) is 9.28. The lowest BCUT2D eigenvalue weighted by Crippen LogP contribution is -2.30. The Morgan fingerprint density at radius 1 is 1.32 bits per heavy atom. The second kappa shape index (κ2) is 5.84. The Morgan fingerprint density at radius 3 is 2.58 bits per heavy atom. The van der Waals surface area contributed by atoms with Crippen LogP contribution in [0.25, 0.3) is 0 Å². The third kappa shape index (κ3) is 3.54. The zero-order chi connectivity index (χ0) is 13.8. The monoisotopic (exact) mass is 276 g/mol. The number of para-hydroxylation sites is 1. The van der Waals surface area contributed by atoms with Gasteiger partial charge >= 0.3 is 0 Å². The van der Waals surface area contributed by atoms with Crippen LogP contribution in [0.15, 0.2) is 30.3 Å². The van der Waals surface area contributed by atoms with Crippen LogP contribution in [0, 0.1) is 13.8 Å². The van der Waals surface area contributed by atoms with Crippen molar-refractivity contribution in [2.75, 3.05) is 5.32 Å². The van der Waals surface area contributed by atoms with E-state index in [1.54, 1.807) is 6.92 Å². The van der Waals surface area contributed by atoms with Crippen LogP contribution >= 0.6 is 11.3 Å². The van der Waals surface area contributed by atoms with Crippen molar-refractivity contribution in [3.05, 3.63) is 40.9 Å². The van der Waals surface area contributed by atoms with Crippen LogP contribution in [-0.2, 0) is 4.79 Å². The van der Waals surface area contributed by atoms with E-state index >= 15 is 0 Å². The Bertz CT molecular complexity index is 547. The Balaban J connectivity index is 1.96. The minimum Gasteiger partial charge on any atom is -0.481 e. The smallest absolute Gasteiger partial charge is 0.266 e. The minimum atomic E-state index is -0.563. The molecule has 0 aliphatic carbocycles. The van der Waals surface area contributed by atoms with Crippen molar-refractivity contribution < 1.29 is 9.53 Å². The number of carbonyl (C=O) groups is 1. The molecule has 1 aromatic heterocycles. The quantitative estimate of drug-likeness (QED) is 0.933. The van der Waals surface area contributed by atoms with Gasteiger partial charge in [0, 0.05) is 4.88 Å². The van der Waals surface area contributed by atoms with Gasteiger partial charge in [-0.1, -0.05) is 18.2 Å². The number of anilines is 1. The summed E-state index contributed by atoms with van der Waals surface area (Å²) >= 11 is 1.47. The van der Waals surface area contributed by atoms with Crippen molar-refractivity contribution >= 4 is 22.4 Å². The second-order valence-electron chi connectivity index (χ2n) is 4.22. The SMILES string of the molecule is Cc1nc(NC(=O)[C@@H](C)Oc2ccccc2)sc1C. The fourth-order valence-corrected chi connectivity index (χ4v) is 2.31. The molecule has 1 heterocycles. The molecule has 2 rings (SSSR count). The molecule has 100 valence electrons. The van der Waals surface area contributed by atoms with Crippen molar-refractivity contribution in [3.63, 3.8) is 0 Å². The van der Waals surface area contributed by atoms with Gasteiger partial charge in [-0.15, -0.1) is 11.3 Å². The lowest BCUT2D eigenvalue weighted by molar-refractivity contribution is -0.122. The summed E-state index contributed by atoms with van der Waals surface area (Å²) < 4.78 is 5.55. The number of thiazole rings is 1. The highest BCUT2D eigenvalue weighted by Gasteiger charge is 2.16. The summed E-state index contributed by atoms with van der Waals surface area (Å²) in [4.78, 5) is 17.3. The van der Waals surface area contributed by atoms with Gasteiger partial charge in [-0.25, -0.2) is 4.98 Å². The van der Waals surface area contributed by atoms with E-state index in [9.17, 15) is 4.79 Å². The molecule has 1 atom stereocenters. The predicted octanol–water partition coefficient (Wildman–Crippen LogP) is 3.17. The van der Waals surface area contributed by atoms with Gasteiger partial charge in [0.2, 0.25) is 0 Å². The number of carbonyl (C=O) groups excluding carboxylic acids is 1. The summed E-state index contributed by atoms with van der Waals surface area (Å²) in [6.07, 6.45) is -0.563. The first kappa shape index (κ1) is 13.5. The highest BCUT2D eigenvalue weighted by Crippen LogP contribution is 2.21. The standard InChI is InChI=1S/C14H16N2O2S/c1-9-11(3)19-14(15-9)16-13(17)10(2)18-12-7-5-4-6-8-12/h4-8,10H,1-3H3,(H,15,16,17)/t10-/m1/s1. The fourth-order valence-electron chi connectivity index (χ4n) is 1.49. The van der Waals surface area contributed by atoms with Crippen molar-refractivity contribution in [2.45, 2.75) is 26.9 Å². The van der Waals surface area contributed by atoms with Gasteiger partial charge in [-0.05, 0) is 32.9 Å². The van der Waals surface area contributed by atoms with Crippen molar-refractivity contribution in [1.82, 2.24) is 4.98 Å². The largest absolute Gasteiger partial charge is 0.481 e. The molecular formula is C14H16N2O2S. The Labute approximate surface area is 116 Å². The Hall–Kier alpha value is -1.88. The maximum absolute atomic E-state index is 12.0. The fraction of sp³-hybridized carbons (Fsp3) is 0.286. The third-order valence-corrected chi connectivity index (χ3v) is 3.67. The molecule has 0 radical (unpaired) electrons. The van der Waals surface area contributed by atoms with Crippen LogP contribution in [0.2, 0.25) is 0 Å². The van der Waals surface area contributed by atoms with E-state index in [1.807, 2.05) is 44.2 Å². The normalized spacial score (nSPS) is 11.9. The lowest BCUT2D eigenvalue weighted by atomic mass is 10.3. The van der Waals surface area contributed by atoms with E-state index in [2.05, 4.69) is 10.3 Å². The lowest BCUT2D eigenvalue weighted by Gasteiger charge is -2.13. The molecule has 4 nitrogen and oxygen atoms in total. The first-order chi connectivity index (χ1) is 9.06. The average molecular weight is 276 g/mol. The maximum atomic E-state index is 12.0. The van der Waals surface area contributed by atoms with Gasteiger partial charge in [0.1, 0.15) is 5.75 Å². The molecule has 19 heavy (non-hydrogen) atoms. The van der Waals surface area contributed by atoms with E-state index in [-0.39, 0.29) is 5.91 Å². The van der Waals surface area contributed by atoms with Gasteiger partial charge in [0.25, 0.3) is 5.91 Å². The second-order valence-corrected chi connectivity index (χ2v) is 5.43. The average Bonchev–Trinajstić information content (AvgIpc) is 2.69. The summed E-state index contributed by atoms with van der Waals surface area (Å²) in [5, 5.41) is 3.38. The summed E-state index contributed by atoms with van der Waals surface area (Å²) in [7, 11) is 0. The molecule has 0 saturated heterocycles. The van der Waals surface area contributed by atoms with E-state index in [1.165, 1.54) is 11.3 Å². The van der Waals surface area contributed by atoms with E-state index in [4.69, 9.17) is 4.74 Å². The summed E-state index contributed by atoms with van der Waals surface area (Å²) in [5.41, 5.74) is 0.942. The number of hydrogen-bond donors (Lipinski definition) is 1. The topological polar surface area (TPSA) is 51.2 Å². The molecule has 2 aromatic rings. The predicted molar refractivity (Wildman–Crippen MR) is 76.7 cm³/mol. The van der Waals surface area contributed by atoms with Crippen molar-refractivity contribution in [3.8, 4) is 5.75 Å². The number of aryl methyl sites for hydroxylation is 2. The summed E-state index contributed by atoms with van der Waals surface area (Å²) in [6.45, 7) is 5.62. The molecule has 1 amide bonds. The minimum absolute atomic E-state index is 0.197. The van der Waals surface area contributed by atoms with Crippen LogP contribution in [0.4, 0.5) is 5.13 Å². The molecule has 0 aliphatic heterocycles. The van der Waals surface area contributed by atoms with Gasteiger partial charge in [-0.2, -0.15) is 0 Å². The molecule has 0 unspecified atom stereocenters. The van der Waals surface area contributed by atoms with Gasteiger partial charge in [-0.3, -0.25) is 10.1 Å². The number of nitrogens with zero attached hydrogens (tertiary/aromatic N) is 1. The van der Waals surface area contributed by atoms with Crippen molar-refractivity contribution in [1.29, 1.82) is 0 Å². The molecule has 1 aromatic carbocycles. The Kier molecular flexibility index (Phi) is 4.16. The molecule has 5 heteroatoms. The number of amides is 1. The molecule has 1 N–H and O–H groups in total. The molecule has 0 fully saturated rings. The molecule has 0 spiro atoms. The van der Waals surface area contributed by atoms with Crippen LogP contribution in [0.1, 0.15) is 17.5 Å². The highest BCUT2D eigenvalue weighted by atomic mass is 32.1. The Morgan fingerprint density at radius 2 is 2.00 bits per heavy atom. The van der Waals surface area contributed by atoms with Crippen molar-refractivity contribution in [2.24, 2.45) is 0 Å².